The van der Waals surface area contributed by atoms with Crippen molar-refractivity contribution >= 4 is 16.9 Å². The molecule has 152 valence electrons. The summed E-state index contributed by atoms with van der Waals surface area (Å²) in [6.45, 7) is 7.62. The lowest BCUT2D eigenvalue weighted by Gasteiger charge is -2.49. The zero-order chi connectivity index (χ0) is 19.6. The van der Waals surface area contributed by atoms with Crippen molar-refractivity contribution in [3.05, 3.63) is 24.3 Å². The van der Waals surface area contributed by atoms with Crippen molar-refractivity contribution in [2.75, 3.05) is 26.2 Å². The monoisotopic (exact) mass is 383 g/mol. The van der Waals surface area contributed by atoms with E-state index < -0.39 is 0 Å². The van der Waals surface area contributed by atoms with Gasteiger partial charge in [0, 0.05) is 26.2 Å². The van der Waals surface area contributed by atoms with Crippen LogP contribution in [0.25, 0.3) is 11.0 Å². The largest absolute Gasteiger partial charge is 0.343 e. The van der Waals surface area contributed by atoms with Gasteiger partial charge in [0.1, 0.15) is 11.2 Å². The topological polar surface area (TPSA) is 54.3 Å². The molecule has 1 saturated heterocycles. The van der Waals surface area contributed by atoms with E-state index in [9.17, 15) is 4.79 Å². The second-order valence-corrected chi connectivity index (χ2v) is 8.33. The Morgan fingerprint density at radius 1 is 1.14 bits per heavy atom. The van der Waals surface area contributed by atoms with Crippen molar-refractivity contribution in [1.82, 2.24) is 24.8 Å². The fourth-order valence-corrected chi connectivity index (χ4v) is 5.31. The van der Waals surface area contributed by atoms with Crippen molar-refractivity contribution in [2.24, 2.45) is 5.92 Å². The summed E-state index contributed by atoms with van der Waals surface area (Å²) in [5.41, 5.74) is 1.93. The lowest BCUT2D eigenvalue weighted by molar-refractivity contribution is -0.140. The molecule has 1 unspecified atom stereocenters. The van der Waals surface area contributed by atoms with E-state index in [1.165, 1.54) is 19.3 Å². The Bertz CT molecular complexity index is 806. The third-order valence-corrected chi connectivity index (χ3v) is 6.83. The number of nitrogens with zero attached hydrogens (tertiary/aromatic N) is 5. The summed E-state index contributed by atoms with van der Waals surface area (Å²) in [4.78, 5) is 17.6. The van der Waals surface area contributed by atoms with E-state index in [-0.39, 0.29) is 11.6 Å². The molecular weight excluding hydrogens is 350 g/mol. The van der Waals surface area contributed by atoms with Crippen LogP contribution in [-0.2, 0) is 10.5 Å². The molecule has 1 aliphatic heterocycles. The third-order valence-electron chi connectivity index (χ3n) is 6.83. The van der Waals surface area contributed by atoms with Crippen molar-refractivity contribution in [3.8, 4) is 0 Å². The Morgan fingerprint density at radius 2 is 1.89 bits per heavy atom. The summed E-state index contributed by atoms with van der Waals surface area (Å²) < 4.78 is 2.19. The SMILES string of the molecule is CCN(CC)C(=O)C1CCCN(C2(n3nnc4ccccc43)CCCCC2)C1. The van der Waals surface area contributed by atoms with Crippen LogP contribution in [-0.4, -0.2) is 56.9 Å². The molecule has 2 aromatic rings. The fraction of sp³-hybridized carbons (Fsp3) is 0.682. The van der Waals surface area contributed by atoms with Crippen LogP contribution in [0.5, 0.6) is 0 Å². The average Bonchev–Trinajstić information content (AvgIpc) is 3.20. The predicted molar refractivity (Wildman–Crippen MR) is 111 cm³/mol. The third kappa shape index (κ3) is 3.32. The van der Waals surface area contributed by atoms with Crippen molar-refractivity contribution in [2.45, 2.75) is 64.5 Å². The number of rotatable bonds is 5. The van der Waals surface area contributed by atoms with Gasteiger partial charge in [-0.1, -0.05) is 23.8 Å². The van der Waals surface area contributed by atoms with Gasteiger partial charge in [0.25, 0.3) is 0 Å². The second kappa shape index (κ2) is 8.19. The van der Waals surface area contributed by atoms with Crippen LogP contribution in [0.4, 0.5) is 0 Å². The maximum atomic E-state index is 13.1. The number of aromatic nitrogens is 3. The smallest absolute Gasteiger partial charge is 0.226 e. The summed E-state index contributed by atoms with van der Waals surface area (Å²) >= 11 is 0. The first-order chi connectivity index (χ1) is 13.7. The number of likely N-dealkylation sites (tertiary alicyclic amines) is 1. The average molecular weight is 384 g/mol. The maximum absolute atomic E-state index is 13.1. The van der Waals surface area contributed by atoms with E-state index in [4.69, 9.17) is 0 Å². The molecule has 2 fully saturated rings. The highest BCUT2D eigenvalue weighted by atomic mass is 16.2. The molecule has 28 heavy (non-hydrogen) atoms. The van der Waals surface area contributed by atoms with Crippen molar-refractivity contribution < 1.29 is 4.79 Å². The van der Waals surface area contributed by atoms with Gasteiger partial charge >= 0.3 is 0 Å². The van der Waals surface area contributed by atoms with Crippen molar-refractivity contribution in [1.29, 1.82) is 0 Å². The maximum Gasteiger partial charge on any atom is 0.226 e. The molecule has 1 atom stereocenters. The fourth-order valence-electron chi connectivity index (χ4n) is 5.31. The highest BCUT2D eigenvalue weighted by Crippen LogP contribution is 2.41. The molecule has 0 radical (unpaired) electrons. The molecule has 1 aliphatic carbocycles. The molecule has 0 spiro atoms. The van der Waals surface area contributed by atoms with Crippen LogP contribution < -0.4 is 0 Å². The Morgan fingerprint density at radius 3 is 2.64 bits per heavy atom. The Labute approximate surface area is 167 Å². The van der Waals surface area contributed by atoms with Crippen LogP contribution >= 0.6 is 0 Å². The van der Waals surface area contributed by atoms with Crippen LogP contribution in [0, 0.1) is 5.92 Å². The van der Waals surface area contributed by atoms with Gasteiger partial charge in [0.05, 0.1) is 11.4 Å². The predicted octanol–water partition coefficient (Wildman–Crippen LogP) is 3.63. The van der Waals surface area contributed by atoms with Gasteiger partial charge in [-0.3, -0.25) is 9.69 Å². The number of fused-ring (bicyclic) bond motifs is 1. The summed E-state index contributed by atoms with van der Waals surface area (Å²) in [7, 11) is 0. The van der Waals surface area contributed by atoms with Crippen LogP contribution in [0.2, 0.25) is 0 Å². The van der Waals surface area contributed by atoms with E-state index >= 15 is 0 Å². The standard InChI is InChI=1S/C22H33N5O/c1-3-25(4-2)21(28)18-11-10-16-26(17-18)22(14-8-5-9-15-22)27-20-13-7-6-12-19(20)23-24-27/h6-7,12-13,18H,3-5,8-11,14-17H2,1-2H3. The van der Waals surface area contributed by atoms with E-state index in [1.54, 1.807) is 0 Å². The summed E-state index contributed by atoms with van der Waals surface area (Å²) in [6.07, 6.45) is 7.95. The van der Waals surface area contributed by atoms with E-state index in [0.717, 1.165) is 62.9 Å². The molecule has 2 heterocycles. The Kier molecular flexibility index (Phi) is 5.67. The van der Waals surface area contributed by atoms with Gasteiger partial charge in [0.2, 0.25) is 5.91 Å². The number of hydrogen-bond acceptors (Lipinski definition) is 4. The van der Waals surface area contributed by atoms with E-state index in [1.807, 2.05) is 17.0 Å². The van der Waals surface area contributed by atoms with Crippen LogP contribution in [0.1, 0.15) is 58.8 Å². The van der Waals surface area contributed by atoms with Gasteiger partial charge in [-0.15, -0.1) is 5.10 Å². The molecule has 1 aromatic heterocycles. The number of para-hydroxylation sites is 1. The number of carbonyl (C=O) groups is 1. The minimum Gasteiger partial charge on any atom is -0.343 e. The van der Waals surface area contributed by atoms with Gasteiger partial charge < -0.3 is 4.90 Å². The molecule has 4 rings (SSSR count). The van der Waals surface area contributed by atoms with Gasteiger partial charge in [-0.2, -0.15) is 0 Å². The first-order valence-electron chi connectivity index (χ1n) is 11.0. The summed E-state index contributed by atoms with van der Waals surface area (Å²) in [6, 6.07) is 8.27. The summed E-state index contributed by atoms with van der Waals surface area (Å²) in [5, 5.41) is 9.09. The van der Waals surface area contributed by atoms with Gasteiger partial charge in [-0.25, -0.2) is 4.68 Å². The molecule has 2 aliphatic rings. The summed E-state index contributed by atoms with van der Waals surface area (Å²) in [5.74, 6) is 0.423. The van der Waals surface area contributed by atoms with Crippen LogP contribution in [0.3, 0.4) is 0 Å². The highest BCUT2D eigenvalue weighted by molar-refractivity contribution is 5.79. The number of amides is 1. The second-order valence-electron chi connectivity index (χ2n) is 8.33. The Hall–Kier alpha value is -1.95. The zero-order valence-corrected chi connectivity index (χ0v) is 17.3. The van der Waals surface area contributed by atoms with Crippen LogP contribution in [0.15, 0.2) is 24.3 Å². The van der Waals surface area contributed by atoms with E-state index in [0.29, 0.717) is 5.91 Å². The molecular formula is C22H33N5O. The normalized spacial score (nSPS) is 23.0. The molecule has 0 bridgehead atoms. The molecule has 1 saturated carbocycles. The number of benzene rings is 1. The molecule has 6 heteroatoms. The van der Waals surface area contributed by atoms with Gasteiger partial charge in [-0.05, 0) is 64.5 Å². The minimum atomic E-state index is -0.142. The molecule has 6 nitrogen and oxygen atoms in total. The van der Waals surface area contributed by atoms with Crippen molar-refractivity contribution in [3.63, 3.8) is 0 Å². The lowest BCUT2D eigenvalue weighted by Crippen LogP contribution is -2.57. The lowest BCUT2D eigenvalue weighted by atomic mass is 9.84. The van der Waals surface area contributed by atoms with Gasteiger partial charge in [0.15, 0.2) is 0 Å². The first-order valence-corrected chi connectivity index (χ1v) is 11.0. The molecule has 0 N–H and O–H groups in total. The number of piperidine rings is 1. The number of carbonyl (C=O) groups excluding carboxylic acids is 1. The van der Waals surface area contributed by atoms with E-state index in [2.05, 4.69) is 45.9 Å². The number of hydrogen-bond donors (Lipinski definition) is 0. The minimum absolute atomic E-state index is 0.0993. The molecule has 1 amide bonds. The quantitative estimate of drug-likeness (QED) is 0.791. The Balaban J connectivity index is 1.67. The zero-order valence-electron chi connectivity index (χ0n) is 17.3. The first kappa shape index (κ1) is 19.4. The highest BCUT2D eigenvalue weighted by Gasteiger charge is 2.44. The molecule has 1 aromatic carbocycles.